The van der Waals surface area contributed by atoms with Gasteiger partial charge in [-0.3, -0.25) is 0 Å². The van der Waals surface area contributed by atoms with Crippen molar-refractivity contribution in [2.24, 2.45) is 5.41 Å². The first-order chi connectivity index (χ1) is 10.8. The van der Waals surface area contributed by atoms with E-state index in [-0.39, 0.29) is 0 Å². The maximum absolute atomic E-state index is 8.63. The lowest BCUT2D eigenvalue weighted by molar-refractivity contribution is 0.469. The molecule has 1 N–H and O–H groups in total. The summed E-state index contributed by atoms with van der Waals surface area (Å²) < 4.78 is 0. The minimum atomic E-state index is 0.322. The van der Waals surface area contributed by atoms with Crippen molar-refractivity contribution in [3.8, 4) is 5.75 Å². The molecule has 0 saturated carbocycles. The Morgan fingerprint density at radius 2 is 0.870 bits per heavy atom. The molecule has 23 heavy (non-hydrogen) atoms. The van der Waals surface area contributed by atoms with Gasteiger partial charge >= 0.3 is 0 Å². The Hall–Kier alpha value is -1.76. The van der Waals surface area contributed by atoms with E-state index in [2.05, 4.69) is 46.8 Å². The van der Waals surface area contributed by atoms with Crippen LogP contribution in [0.25, 0.3) is 0 Å². The molecule has 0 unspecified atom stereocenters. The van der Waals surface area contributed by atoms with Crippen LogP contribution < -0.4 is 0 Å². The van der Waals surface area contributed by atoms with Crippen LogP contribution in [0.5, 0.6) is 5.75 Å². The molecule has 1 nitrogen and oxygen atoms in total. The van der Waals surface area contributed by atoms with E-state index in [0.717, 1.165) is 0 Å². The van der Waals surface area contributed by atoms with Crippen molar-refractivity contribution in [3.05, 3.63) is 66.2 Å². The van der Waals surface area contributed by atoms with Crippen LogP contribution in [0.3, 0.4) is 0 Å². The zero-order valence-corrected chi connectivity index (χ0v) is 16.7. The van der Waals surface area contributed by atoms with Crippen LogP contribution >= 0.6 is 0 Å². The Bertz CT molecular complexity index is 369. The molecule has 0 aromatic heterocycles. The van der Waals surface area contributed by atoms with E-state index in [0.29, 0.717) is 11.2 Å². The first-order valence-electron chi connectivity index (χ1n) is 8.54. The van der Waals surface area contributed by atoms with E-state index >= 15 is 0 Å². The van der Waals surface area contributed by atoms with Crippen molar-refractivity contribution in [3.63, 3.8) is 0 Å². The van der Waals surface area contributed by atoms with Crippen LogP contribution in [0.4, 0.5) is 0 Å². The van der Waals surface area contributed by atoms with E-state index < -0.39 is 0 Å². The molecule has 0 saturated heterocycles. The highest BCUT2D eigenvalue weighted by molar-refractivity contribution is 5.18. The molecule has 0 aliphatic heterocycles. The topological polar surface area (TPSA) is 20.2 Å². The Balaban J connectivity index is -0.000000238. The summed E-state index contributed by atoms with van der Waals surface area (Å²) in [5.41, 5.74) is 1.82. The summed E-state index contributed by atoms with van der Waals surface area (Å²) in [6.45, 7) is 18.8. The number of phenolic OH excluding ortho intramolecular Hbond substituents is 1. The lowest BCUT2D eigenvalue weighted by Gasteiger charge is -2.05. The summed E-state index contributed by atoms with van der Waals surface area (Å²) in [4.78, 5) is 0. The first-order valence-corrected chi connectivity index (χ1v) is 8.54. The molecule has 2 aromatic rings. The highest BCUT2D eigenvalue weighted by atomic mass is 16.3. The highest BCUT2D eigenvalue weighted by Crippen LogP contribution is 2.08. The third-order valence-electron chi connectivity index (χ3n) is 1.70. The second kappa shape index (κ2) is 18.3. The van der Waals surface area contributed by atoms with Crippen molar-refractivity contribution in [1.82, 2.24) is 0 Å². The fourth-order valence-electron chi connectivity index (χ4n) is 0.962. The molecule has 0 bridgehead atoms. The fourth-order valence-corrected chi connectivity index (χ4v) is 0.962. The van der Waals surface area contributed by atoms with E-state index in [9.17, 15) is 0 Å². The average Bonchev–Trinajstić information content (AvgIpc) is 2.52. The molecule has 0 radical (unpaired) electrons. The number of aromatic hydroxyl groups is 1. The SMILES string of the molecule is CC.CC.CC(C)(C)C.Cc1ccccc1.Oc1ccccc1. The summed E-state index contributed by atoms with van der Waals surface area (Å²) in [6, 6.07) is 19.0. The van der Waals surface area contributed by atoms with Crippen LogP contribution in [-0.2, 0) is 0 Å². The van der Waals surface area contributed by atoms with Crippen LogP contribution in [0.15, 0.2) is 60.7 Å². The number of aryl methyl sites for hydroxylation is 1. The monoisotopic (exact) mass is 318 g/mol. The van der Waals surface area contributed by atoms with Gasteiger partial charge in [-0.05, 0) is 24.5 Å². The molecule has 0 amide bonds. The summed E-state index contributed by atoms with van der Waals surface area (Å²) in [5.74, 6) is 0.322. The van der Waals surface area contributed by atoms with Gasteiger partial charge in [0.25, 0.3) is 0 Å². The van der Waals surface area contributed by atoms with E-state index in [1.54, 1.807) is 24.3 Å². The molecular formula is C22H38O. The normalized spacial score (nSPS) is 8.39. The smallest absolute Gasteiger partial charge is 0.115 e. The molecule has 0 fully saturated rings. The maximum Gasteiger partial charge on any atom is 0.115 e. The molecule has 0 spiro atoms. The third kappa shape index (κ3) is 33.2. The van der Waals surface area contributed by atoms with Gasteiger partial charge in [0.2, 0.25) is 0 Å². The molecule has 0 heterocycles. The Morgan fingerprint density at radius 1 is 0.609 bits per heavy atom. The number of benzene rings is 2. The van der Waals surface area contributed by atoms with E-state index in [1.807, 2.05) is 52.0 Å². The number of phenols is 1. The Labute approximate surface area is 145 Å². The summed E-state index contributed by atoms with van der Waals surface area (Å²) in [7, 11) is 0. The van der Waals surface area contributed by atoms with Crippen molar-refractivity contribution in [2.75, 3.05) is 0 Å². The molecule has 2 aromatic carbocycles. The zero-order valence-electron chi connectivity index (χ0n) is 16.7. The fraction of sp³-hybridized carbons (Fsp3) is 0.455. The van der Waals surface area contributed by atoms with Crippen molar-refractivity contribution < 1.29 is 5.11 Å². The molecular weight excluding hydrogens is 280 g/mol. The van der Waals surface area contributed by atoms with Crippen LogP contribution in [0, 0.1) is 12.3 Å². The predicted molar refractivity (Wildman–Crippen MR) is 107 cm³/mol. The van der Waals surface area contributed by atoms with Crippen molar-refractivity contribution in [1.29, 1.82) is 0 Å². The second-order valence-corrected chi connectivity index (χ2v) is 5.99. The summed E-state index contributed by atoms with van der Waals surface area (Å²) >= 11 is 0. The quantitative estimate of drug-likeness (QED) is 0.533. The number of hydrogen-bond donors (Lipinski definition) is 1. The van der Waals surface area contributed by atoms with E-state index in [1.165, 1.54) is 5.56 Å². The number of hydrogen-bond acceptors (Lipinski definition) is 1. The number of rotatable bonds is 0. The molecule has 2 rings (SSSR count). The predicted octanol–water partition coefficient (Wildman–Crippen LogP) is 7.49. The Kier molecular flexibility index (Phi) is 20.8. The molecule has 0 aliphatic rings. The minimum absolute atomic E-state index is 0.322. The van der Waals surface area contributed by atoms with Gasteiger partial charge in [0, 0.05) is 0 Å². The Morgan fingerprint density at radius 3 is 1.00 bits per heavy atom. The largest absolute Gasteiger partial charge is 0.508 e. The zero-order chi connectivity index (χ0) is 18.7. The lowest BCUT2D eigenvalue weighted by Crippen LogP contribution is -1.93. The molecule has 0 atom stereocenters. The summed E-state index contributed by atoms with van der Waals surface area (Å²) in [5, 5.41) is 8.63. The van der Waals surface area contributed by atoms with Gasteiger partial charge in [-0.1, -0.05) is 109 Å². The standard InChI is InChI=1S/C7H8.C6H6O.C5H12.2C2H6/c1-7-5-3-2-4-6-7;7-6-4-2-1-3-5-6;1-5(2,3)4;2*1-2/h2-6H,1H3;1-5,7H;1-4H3;2*1-2H3. The van der Waals surface area contributed by atoms with Crippen molar-refractivity contribution >= 4 is 0 Å². The highest BCUT2D eigenvalue weighted by Gasteiger charge is 1.95. The minimum Gasteiger partial charge on any atom is -0.508 e. The number of para-hydroxylation sites is 1. The lowest BCUT2D eigenvalue weighted by atomic mass is 10.0. The van der Waals surface area contributed by atoms with Gasteiger partial charge in [0.1, 0.15) is 5.75 Å². The van der Waals surface area contributed by atoms with Crippen molar-refractivity contribution in [2.45, 2.75) is 62.3 Å². The average molecular weight is 319 g/mol. The third-order valence-corrected chi connectivity index (χ3v) is 1.70. The van der Waals surface area contributed by atoms with Crippen LogP contribution in [-0.4, -0.2) is 5.11 Å². The maximum atomic E-state index is 8.63. The van der Waals surface area contributed by atoms with Gasteiger partial charge in [0.15, 0.2) is 0 Å². The van der Waals surface area contributed by atoms with Gasteiger partial charge in [-0.2, -0.15) is 0 Å². The molecule has 1 heteroatoms. The van der Waals surface area contributed by atoms with Crippen LogP contribution in [0.1, 0.15) is 61.0 Å². The second-order valence-electron chi connectivity index (χ2n) is 5.99. The van der Waals surface area contributed by atoms with Gasteiger partial charge in [0.05, 0.1) is 0 Å². The van der Waals surface area contributed by atoms with Gasteiger partial charge < -0.3 is 5.11 Å². The van der Waals surface area contributed by atoms with Gasteiger partial charge in [-0.25, -0.2) is 0 Å². The summed E-state index contributed by atoms with van der Waals surface area (Å²) in [6.07, 6.45) is 0. The van der Waals surface area contributed by atoms with Gasteiger partial charge in [-0.15, -0.1) is 0 Å². The first kappa shape index (κ1) is 26.2. The molecule has 0 aliphatic carbocycles. The van der Waals surface area contributed by atoms with Crippen LogP contribution in [0.2, 0.25) is 0 Å². The van der Waals surface area contributed by atoms with E-state index in [4.69, 9.17) is 5.11 Å². The molecule has 132 valence electrons.